The van der Waals surface area contributed by atoms with Gasteiger partial charge < -0.3 is 0 Å². The minimum atomic E-state index is 0.395. The van der Waals surface area contributed by atoms with Gasteiger partial charge in [-0.05, 0) is 87.6 Å². The molecule has 0 bridgehead atoms. The Morgan fingerprint density at radius 2 is 1.10 bits per heavy atom. The Bertz CT molecular complexity index is 3070. The Labute approximate surface area is 347 Å². The first-order valence-electron chi connectivity index (χ1n) is 19.5. The fraction of sp³-hybridized carbons (Fsp3) is 0.0377. The van der Waals surface area contributed by atoms with Crippen molar-refractivity contribution < 1.29 is 0 Å². The third kappa shape index (κ3) is 7.95. The number of benzene rings is 8. The summed E-state index contributed by atoms with van der Waals surface area (Å²) in [6.45, 7) is 8.86. The fourth-order valence-corrected chi connectivity index (χ4v) is 8.69. The van der Waals surface area contributed by atoms with Crippen LogP contribution in [-0.2, 0) is 13.1 Å². The second kappa shape index (κ2) is 17.0. The van der Waals surface area contributed by atoms with E-state index in [2.05, 4.69) is 139 Å². The van der Waals surface area contributed by atoms with Crippen LogP contribution in [0.25, 0.3) is 42.8 Å². The molecule has 282 valence electrons. The molecule has 1 heterocycles. The number of fused-ring (bicyclic) bond motifs is 4. The van der Waals surface area contributed by atoms with Gasteiger partial charge in [-0.25, -0.2) is 9.98 Å². The van der Waals surface area contributed by atoms with Crippen molar-refractivity contribution in [1.29, 1.82) is 0 Å². The first-order valence-corrected chi connectivity index (χ1v) is 20.3. The van der Waals surface area contributed by atoms with E-state index in [4.69, 9.17) is 15.0 Å². The summed E-state index contributed by atoms with van der Waals surface area (Å²) >= 11 is 1.69. The molecular formula is C53H39N5S. The molecule has 6 heteroatoms. The lowest BCUT2D eigenvalue weighted by molar-refractivity contribution is 1.06. The molecule has 0 saturated heterocycles. The summed E-state index contributed by atoms with van der Waals surface area (Å²) in [5.41, 5.74) is 8.65. The molecule has 0 aliphatic rings. The molecule has 0 aliphatic carbocycles. The van der Waals surface area contributed by atoms with Crippen molar-refractivity contribution in [3.63, 3.8) is 0 Å². The first kappa shape index (κ1) is 37.2. The lowest BCUT2D eigenvalue weighted by atomic mass is 9.95. The summed E-state index contributed by atoms with van der Waals surface area (Å²) in [5, 5.41) is 5.91. The van der Waals surface area contributed by atoms with Crippen molar-refractivity contribution in [2.24, 2.45) is 25.0 Å². The summed E-state index contributed by atoms with van der Waals surface area (Å²) in [6, 6.07) is 64.9. The van der Waals surface area contributed by atoms with Crippen LogP contribution in [0.4, 0.5) is 5.69 Å². The number of hydrogen-bond acceptors (Lipinski definition) is 4. The SMILES string of the molecule is C=NC(=NC(=NCc1ccccc1)c1ccccc1)c1cc(CN=C(c2ccccc2)c2sc3ccccc3c2N=C)cc(-c2ccc3c(ccc4ccccc43)c2)c1. The van der Waals surface area contributed by atoms with E-state index in [9.17, 15) is 0 Å². The Morgan fingerprint density at radius 1 is 0.458 bits per heavy atom. The quantitative estimate of drug-likeness (QED) is 0.0754. The van der Waals surface area contributed by atoms with E-state index in [-0.39, 0.29) is 0 Å². The molecule has 0 N–H and O–H groups in total. The summed E-state index contributed by atoms with van der Waals surface area (Å²) in [6.07, 6.45) is 0. The third-order valence-corrected chi connectivity index (χ3v) is 11.6. The maximum absolute atomic E-state index is 5.38. The van der Waals surface area contributed by atoms with Crippen LogP contribution in [0.15, 0.2) is 213 Å². The molecule has 0 unspecified atom stereocenters. The number of rotatable bonds is 10. The van der Waals surface area contributed by atoms with Gasteiger partial charge in [0.1, 0.15) is 0 Å². The predicted molar refractivity (Wildman–Crippen MR) is 253 cm³/mol. The highest BCUT2D eigenvalue weighted by molar-refractivity contribution is 7.21. The highest BCUT2D eigenvalue weighted by Crippen LogP contribution is 2.39. The van der Waals surface area contributed by atoms with Crippen molar-refractivity contribution >= 4 is 79.5 Å². The van der Waals surface area contributed by atoms with Gasteiger partial charge in [0.15, 0.2) is 11.7 Å². The van der Waals surface area contributed by atoms with Crippen LogP contribution < -0.4 is 0 Å². The van der Waals surface area contributed by atoms with Crippen molar-refractivity contribution in [1.82, 2.24) is 0 Å². The Hall–Kier alpha value is -7.41. The van der Waals surface area contributed by atoms with Crippen molar-refractivity contribution in [3.05, 3.63) is 221 Å². The lowest BCUT2D eigenvalue weighted by Crippen LogP contribution is -2.07. The van der Waals surface area contributed by atoms with Crippen LogP contribution in [0, 0.1) is 0 Å². The summed E-state index contributed by atoms with van der Waals surface area (Å²) in [5.74, 6) is 1.06. The molecule has 9 rings (SSSR count). The third-order valence-electron chi connectivity index (χ3n) is 10.4. The molecule has 0 aliphatic heterocycles. The van der Waals surface area contributed by atoms with Crippen LogP contribution in [0.3, 0.4) is 0 Å². The maximum atomic E-state index is 5.38. The standard InChI is InChI=1S/C53H39N5S/c1-54-50-47-24-14-15-25-48(47)59-51(50)49(39-19-8-4-9-20-39)56-35-37-30-43(41-28-29-46-42(32-41)27-26-38-18-12-13-23-45(38)46)33-44(31-37)52(55-2)58-53(40-21-10-5-11-22-40)57-34-36-16-6-3-7-17-36/h3-33H,1-2,34-35H2. The lowest BCUT2D eigenvalue weighted by Gasteiger charge is -2.13. The molecule has 59 heavy (non-hydrogen) atoms. The smallest absolute Gasteiger partial charge is 0.161 e. The van der Waals surface area contributed by atoms with E-state index < -0.39 is 0 Å². The van der Waals surface area contributed by atoms with Crippen molar-refractivity contribution in [2.45, 2.75) is 13.1 Å². The number of hydrogen-bond donors (Lipinski definition) is 0. The number of aliphatic imine (C=N–C) groups is 5. The summed E-state index contributed by atoms with van der Waals surface area (Å²) in [4.78, 5) is 25.6. The zero-order chi connectivity index (χ0) is 40.0. The molecule has 8 aromatic carbocycles. The van der Waals surface area contributed by atoms with E-state index in [1.165, 1.54) is 21.5 Å². The number of thiophene rings is 1. The average molecular weight is 778 g/mol. The molecule has 0 fully saturated rings. The minimum Gasteiger partial charge on any atom is -0.278 e. The van der Waals surface area contributed by atoms with Gasteiger partial charge in [0.25, 0.3) is 0 Å². The summed E-state index contributed by atoms with van der Waals surface area (Å²) in [7, 11) is 0. The van der Waals surface area contributed by atoms with E-state index in [0.717, 1.165) is 65.3 Å². The van der Waals surface area contributed by atoms with E-state index in [0.29, 0.717) is 24.8 Å². The van der Waals surface area contributed by atoms with Gasteiger partial charge in [0.05, 0.1) is 29.4 Å². The van der Waals surface area contributed by atoms with E-state index in [1.807, 2.05) is 72.8 Å². The van der Waals surface area contributed by atoms with Crippen LogP contribution in [0.5, 0.6) is 0 Å². The average Bonchev–Trinajstić information content (AvgIpc) is 3.68. The Kier molecular flexibility index (Phi) is 10.7. The van der Waals surface area contributed by atoms with Gasteiger partial charge in [0, 0.05) is 26.8 Å². The van der Waals surface area contributed by atoms with Crippen LogP contribution >= 0.6 is 11.3 Å². The zero-order valence-corrected chi connectivity index (χ0v) is 33.2. The molecule has 0 atom stereocenters. The molecule has 0 radical (unpaired) electrons. The normalized spacial score (nSPS) is 12.3. The van der Waals surface area contributed by atoms with Crippen molar-refractivity contribution in [2.75, 3.05) is 0 Å². The molecule has 1 aromatic heterocycles. The molecule has 0 spiro atoms. The van der Waals surface area contributed by atoms with E-state index in [1.54, 1.807) is 11.3 Å². The van der Waals surface area contributed by atoms with Crippen LogP contribution in [-0.4, -0.2) is 30.8 Å². The van der Waals surface area contributed by atoms with Gasteiger partial charge in [-0.1, -0.05) is 158 Å². The highest BCUT2D eigenvalue weighted by atomic mass is 32.1. The largest absolute Gasteiger partial charge is 0.278 e. The highest BCUT2D eigenvalue weighted by Gasteiger charge is 2.18. The van der Waals surface area contributed by atoms with Gasteiger partial charge in [0.2, 0.25) is 0 Å². The van der Waals surface area contributed by atoms with E-state index >= 15 is 0 Å². The number of amidine groups is 2. The summed E-state index contributed by atoms with van der Waals surface area (Å²) < 4.78 is 1.14. The predicted octanol–water partition coefficient (Wildman–Crippen LogP) is 13.3. The van der Waals surface area contributed by atoms with Crippen LogP contribution in [0.1, 0.15) is 32.7 Å². The second-order valence-electron chi connectivity index (χ2n) is 14.2. The second-order valence-corrected chi connectivity index (χ2v) is 15.2. The minimum absolute atomic E-state index is 0.395. The molecule has 0 saturated carbocycles. The van der Waals surface area contributed by atoms with Gasteiger partial charge >= 0.3 is 0 Å². The zero-order valence-electron chi connectivity index (χ0n) is 32.4. The van der Waals surface area contributed by atoms with Gasteiger partial charge in [-0.2, -0.15) is 0 Å². The molecule has 5 nitrogen and oxygen atoms in total. The monoisotopic (exact) mass is 777 g/mol. The Balaban J connectivity index is 1.20. The molecule has 0 amide bonds. The van der Waals surface area contributed by atoms with Gasteiger partial charge in [-0.15, -0.1) is 11.3 Å². The maximum Gasteiger partial charge on any atom is 0.161 e. The molecule has 9 aromatic rings. The Morgan fingerprint density at radius 3 is 1.86 bits per heavy atom. The van der Waals surface area contributed by atoms with Crippen molar-refractivity contribution in [3.8, 4) is 11.1 Å². The molecular weight excluding hydrogens is 739 g/mol. The fourth-order valence-electron chi connectivity index (χ4n) is 7.50. The topological polar surface area (TPSA) is 61.8 Å². The van der Waals surface area contributed by atoms with Crippen LogP contribution in [0.2, 0.25) is 0 Å². The van der Waals surface area contributed by atoms with Gasteiger partial charge in [-0.3, -0.25) is 15.0 Å². The number of nitrogens with zero attached hydrogens (tertiary/aromatic N) is 5. The first-order chi connectivity index (χ1) is 29.1.